The van der Waals surface area contributed by atoms with Crippen molar-refractivity contribution in [2.24, 2.45) is 5.73 Å². The molecule has 5 heteroatoms. The largest absolute Gasteiger partial charge is 0.497 e. The van der Waals surface area contributed by atoms with E-state index in [9.17, 15) is 0 Å². The van der Waals surface area contributed by atoms with Gasteiger partial charge in [0, 0.05) is 25.2 Å². The van der Waals surface area contributed by atoms with Crippen molar-refractivity contribution in [3.8, 4) is 11.5 Å². The van der Waals surface area contributed by atoms with Crippen LogP contribution in [0.4, 0.5) is 0 Å². The number of amidine groups is 1. The van der Waals surface area contributed by atoms with E-state index >= 15 is 0 Å². The zero-order valence-electron chi connectivity index (χ0n) is 16.9. The number of nitrogens with zero attached hydrogens (tertiary/aromatic N) is 1. The molecule has 0 saturated carbocycles. The Kier molecular flexibility index (Phi) is 6.87. The number of nitrogen functional groups attached to an aromatic ring is 1. The first kappa shape index (κ1) is 20.4. The van der Waals surface area contributed by atoms with Crippen molar-refractivity contribution < 1.29 is 9.47 Å². The average Bonchev–Trinajstić information content (AvgIpc) is 2.75. The molecule has 29 heavy (non-hydrogen) atoms. The SMILES string of the molecule is COc1ccc(CN(Cc2ccc(OC)cc2)Cc2ccc(C(=N)N)cc2)cc1. The van der Waals surface area contributed by atoms with Crippen LogP contribution in [0.5, 0.6) is 11.5 Å². The van der Waals surface area contributed by atoms with Gasteiger partial charge in [0.15, 0.2) is 0 Å². The molecule has 150 valence electrons. The summed E-state index contributed by atoms with van der Waals surface area (Å²) < 4.78 is 10.5. The minimum atomic E-state index is 0.0878. The number of methoxy groups -OCH3 is 2. The fourth-order valence-electron chi connectivity index (χ4n) is 3.19. The summed E-state index contributed by atoms with van der Waals surface area (Å²) in [5.41, 5.74) is 9.93. The third-order valence-electron chi connectivity index (χ3n) is 4.80. The van der Waals surface area contributed by atoms with Gasteiger partial charge in [-0.25, -0.2) is 0 Å². The van der Waals surface area contributed by atoms with Crippen molar-refractivity contribution in [3.63, 3.8) is 0 Å². The van der Waals surface area contributed by atoms with Crippen LogP contribution < -0.4 is 15.2 Å². The molecule has 0 unspecified atom stereocenters. The quantitative estimate of drug-likeness (QED) is 0.425. The van der Waals surface area contributed by atoms with Crippen molar-refractivity contribution in [2.45, 2.75) is 19.6 Å². The minimum Gasteiger partial charge on any atom is -0.497 e. The molecule has 0 aliphatic heterocycles. The van der Waals surface area contributed by atoms with Crippen LogP contribution in [0.2, 0.25) is 0 Å². The maximum Gasteiger partial charge on any atom is 0.122 e. The second kappa shape index (κ2) is 9.75. The lowest BCUT2D eigenvalue weighted by atomic mass is 10.1. The van der Waals surface area contributed by atoms with Crippen molar-refractivity contribution >= 4 is 5.84 Å². The summed E-state index contributed by atoms with van der Waals surface area (Å²) in [5, 5.41) is 7.56. The Morgan fingerprint density at radius 3 is 1.34 bits per heavy atom. The Morgan fingerprint density at radius 2 is 1.03 bits per heavy atom. The Morgan fingerprint density at radius 1 is 0.690 bits per heavy atom. The molecular formula is C24H27N3O2. The van der Waals surface area contributed by atoms with Gasteiger partial charge in [0.25, 0.3) is 0 Å². The smallest absolute Gasteiger partial charge is 0.122 e. The molecule has 0 radical (unpaired) electrons. The van der Waals surface area contributed by atoms with Gasteiger partial charge in [-0.3, -0.25) is 10.3 Å². The average molecular weight is 389 g/mol. The Labute approximate surface area is 172 Å². The van der Waals surface area contributed by atoms with Crippen LogP contribution in [-0.2, 0) is 19.6 Å². The molecule has 5 nitrogen and oxygen atoms in total. The van der Waals surface area contributed by atoms with Crippen LogP contribution in [0.1, 0.15) is 22.3 Å². The van der Waals surface area contributed by atoms with E-state index in [0.29, 0.717) is 0 Å². The summed E-state index contributed by atoms with van der Waals surface area (Å²) in [7, 11) is 3.35. The molecule has 3 rings (SSSR count). The molecule has 0 amide bonds. The number of rotatable bonds is 9. The molecule has 0 atom stereocenters. The van der Waals surface area contributed by atoms with Gasteiger partial charge in [0.2, 0.25) is 0 Å². The highest BCUT2D eigenvalue weighted by molar-refractivity contribution is 5.94. The fourth-order valence-corrected chi connectivity index (χ4v) is 3.19. The van der Waals surface area contributed by atoms with Gasteiger partial charge in [-0.2, -0.15) is 0 Å². The van der Waals surface area contributed by atoms with Crippen LogP contribution in [0, 0.1) is 5.41 Å². The van der Waals surface area contributed by atoms with Crippen LogP contribution in [0.25, 0.3) is 0 Å². The highest BCUT2D eigenvalue weighted by atomic mass is 16.5. The van der Waals surface area contributed by atoms with E-state index < -0.39 is 0 Å². The van der Waals surface area contributed by atoms with Crippen LogP contribution in [0.3, 0.4) is 0 Å². The predicted octanol–water partition coefficient (Wildman–Crippen LogP) is 4.19. The van der Waals surface area contributed by atoms with Gasteiger partial charge in [0.05, 0.1) is 14.2 Å². The maximum atomic E-state index is 7.56. The maximum absolute atomic E-state index is 7.56. The van der Waals surface area contributed by atoms with Crippen molar-refractivity contribution in [3.05, 3.63) is 95.1 Å². The van der Waals surface area contributed by atoms with Gasteiger partial charge in [-0.15, -0.1) is 0 Å². The molecule has 0 fully saturated rings. The number of hydrogen-bond acceptors (Lipinski definition) is 4. The van der Waals surface area contributed by atoms with Crippen LogP contribution in [-0.4, -0.2) is 25.0 Å². The van der Waals surface area contributed by atoms with Gasteiger partial charge >= 0.3 is 0 Å². The van der Waals surface area contributed by atoms with Gasteiger partial charge in [-0.05, 0) is 41.0 Å². The highest BCUT2D eigenvalue weighted by Gasteiger charge is 2.10. The van der Waals surface area contributed by atoms with E-state index in [1.54, 1.807) is 14.2 Å². The third-order valence-corrected chi connectivity index (χ3v) is 4.80. The molecule has 3 N–H and O–H groups in total. The first-order valence-corrected chi connectivity index (χ1v) is 9.49. The number of ether oxygens (including phenoxy) is 2. The van der Waals surface area contributed by atoms with Crippen molar-refractivity contribution in [1.29, 1.82) is 5.41 Å². The molecule has 0 saturated heterocycles. The van der Waals surface area contributed by atoms with E-state index in [-0.39, 0.29) is 5.84 Å². The Hall–Kier alpha value is -3.31. The van der Waals surface area contributed by atoms with E-state index in [1.165, 1.54) is 16.7 Å². The summed E-state index contributed by atoms with van der Waals surface area (Å²) in [6.07, 6.45) is 0. The summed E-state index contributed by atoms with van der Waals surface area (Å²) in [4.78, 5) is 2.38. The molecule has 0 aliphatic rings. The topological polar surface area (TPSA) is 71.6 Å². The molecular weight excluding hydrogens is 362 g/mol. The fraction of sp³-hybridized carbons (Fsp3) is 0.208. The van der Waals surface area contributed by atoms with Crippen molar-refractivity contribution in [2.75, 3.05) is 14.2 Å². The molecule has 3 aromatic rings. The predicted molar refractivity (Wildman–Crippen MR) is 116 cm³/mol. The van der Waals surface area contributed by atoms with Crippen LogP contribution in [0.15, 0.2) is 72.8 Å². The summed E-state index contributed by atoms with van der Waals surface area (Å²) in [6, 6.07) is 24.2. The molecule has 0 bridgehead atoms. The first-order chi connectivity index (χ1) is 14.1. The van der Waals surface area contributed by atoms with Crippen molar-refractivity contribution in [1.82, 2.24) is 4.90 Å². The molecule has 0 spiro atoms. The highest BCUT2D eigenvalue weighted by Crippen LogP contribution is 2.19. The molecule has 3 aromatic carbocycles. The summed E-state index contributed by atoms with van der Waals surface area (Å²) in [6.45, 7) is 2.41. The lowest BCUT2D eigenvalue weighted by Crippen LogP contribution is -2.22. The molecule has 0 heterocycles. The number of nitrogens with one attached hydrogen (secondary N) is 1. The minimum absolute atomic E-state index is 0.0878. The lowest BCUT2D eigenvalue weighted by molar-refractivity contribution is 0.247. The summed E-state index contributed by atoms with van der Waals surface area (Å²) in [5.74, 6) is 1.80. The molecule has 0 aromatic heterocycles. The van der Waals surface area contributed by atoms with E-state index in [4.69, 9.17) is 20.6 Å². The second-order valence-corrected chi connectivity index (χ2v) is 6.95. The van der Waals surface area contributed by atoms with Gasteiger partial charge in [0.1, 0.15) is 17.3 Å². The normalized spacial score (nSPS) is 10.7. The number of hydrogen-bond donors (Lipinski definition) is 2. The monoisotopic (exact) mass is 389 g/mol. The van der Waals surface area contributed by atoms with E-state index in [1.807, 2.05) is 48.5 Å². The third kappa shape index (κ3) is 5.83. The van der Waals surface area contributed by atoms with Crippen LogP contribution >= 0.6 is 0 Å². The Bertz CT molecular complexity index is 870. The zero-order chi connectivity index (χ0) is 20.6. The molecule has 0 aliphatic carbocycles. The Balaban J connectivity index is 1.77. The number of nitrogens with two attached hydrogens (primary N) is 1. The standard InChI is InChI=1S/C24H27N3O2/c1-28-22-11-5-19(6-12-22)16-27(17-20-7-13-23(29-2)14-8-20)15-18-3-9-21(10-4-18)24(25)26/h3-14H,15-17H2,1-2H3,(H3,25,26). The second-order valence-electron chi connectivity index (χ2n) is 6.95. The van der Waals surface area contributed by atoms with E-state index in [0.717, 1.165) is 36.7 Å². The lowest BCUT2D eigenvalue weighted by Gasteiger charge is -2.23. The van der Waals surface area contributed by atoms with Gasteiger partial charge in [-0.1, -0.05) is 48.5 Å². The summed E-state index contributed by atoms with van der Waals surface area (Å²) >= 11 is 0. The zero-order valence-corrected chi connectivity index (χ0v) is 16.9. The number of benzene rings is 3. The van der Waals surface area contributed by atoms with Gasteiger partial charge < -0.3 is 15.2 Å². The van der Waals surface area contributed by atoms with E-state index in [2.05, 4.69) is 29.2 Å². The first-order valence-electron chi connectivity index (χ1n) is 9.49.